The first-order valence-corrected chi connectivity index (χ1v) is 10.5. The van der Waals surface area contributed by atoms with Crippen molar-refractivity contribution in [1.29, 1.82) is 0 Å². The molecule has 0 radical (unpaired) electrons. The van der Waals surface area contributed by atoms with Crippen LogP contribution in [0.4, 0.5) is 0 Å². The van der Waals surface area contributed by atoms with Crippen LogP contribution in [0.5, 0.6) is 0 Å². The molecule has 0 heterocycles. The third kappa shape index (κ3) is 5.41. The third-order valence-electron chi connectivity index (χ3n) is 4.18. The molecule has 0 aromatic carbocycles. The standard InChI is InChI=1S/C15H32O2Si/c1-5-7-13-18(4,16-6-2)17-14(3)15-11-9-8-10-12-15/h14-15H,5-13H2,1-4H3. The lowest BCUT2D eigenvalue weighted by Gasteiger charge is -2.35. The van der Waals surface area contributed by atoms with Gasteiger partial charge in [-0.1, -0.05) is 39.0 Å². The highest BCUT2D eigenvalue weighted by atomic mass is 28.4. The first kappa shape index (κ1) is 16.2. The van der Waals surface area contributed by atoms with Gasteiger partial charge in [-0.3, -0.25) is 0 Å². The normalized spacial score (nSPS) is 22.7. The molecule has 1 rings (SSSR count). The van der Waals surface area contributed by atoms with Crippen molar-refractivity contribution in [3.8, 4) is 0 Å². The number of hydrogen-bond acceptors (Lipinski definition) is 2. The SMILES string of the molecule is CCCC[Si](C)(OCC)OC(C)C1CCCCC1. The monoisotopic (exact) mass is 272 g/mol. The van der Waals surface area contributed by atoms with Gasteiger partial charge in [-0.25, -0.2) is 0 Å². The zero-order chi connectivity index (χ0) is 13.4. The second kappa shape index (κ2) is 8.34. The van der Waals surface area contributed by atoms with E-state index in [9.17, 15) is 0 Å². The third-order valence-corrected chi connectivity index (χ3v) is 7.21. The Hall–Kier alpha value is 0.137. The number of rotatable bonds is 8. The van der Waals surface area contributed by atoms with Gasteiger partial charge in [-0.2, -0.15) is 0 Å². The lowest BCUT2D eigenvalue weighted by molar-refractivity contribution is 0.0730. The van der Waals surface area contributed by atoms with E-state index in [1.54, 1.807) is 0 Å². The van der Waals surface area contributed by atoms with Crippen molar-refractivity contribution in [3.05, 3.63) is 0 Å². The molecule has 1 aliphatic rings. The van der Waals surface area contributed by atoms with Crippen LogP contribution in [0.15, 0.2) is 0 Å². The lowest BCUT2D eigenvalue weighted by atomic mass is 9.86. The minimum Gasteiger partial charge on any atom is -0.395 e. The molecule has 0 aromatic heterocycles. The minimum absolute atomic E-state index is 0.394. The van der Waals surface area contributed by atoms with Gasteiger partial charge in [0.15, 0.2) is 0 Å². The molecule has 3 heteroatoms. The van der Waals surface area contributed by atoms with Crippen molar-refractivity contribution < 1.29 is 8.85 Å². The Bertz CT molecular complexity index is 217. The molecule has 0 N–H and O–H groups in total. The topological polar surface area (TPSA) is 18.5 Å². The Kier molecular flexibility index (Phi) is 7.50. The first-order valence-electron chi connectivity index (χ1n) is 7.93. The number of unbranched alkanes of at least 4 members (excludes halogenated alkanes) is 1. The van der Waals surface area contributed by atoms with Gasteiger partial charge >= 0.3 is 8.56 Å². The smallest absolute Gasteiger partial charge is 0.335 e. The Morgan fingerprint density at radius 3 is 2.39 bits per heavy atom. The molecule has 1 aliphatic carbocycles. The summed E-state index contributed by atoms with van der Waals surface area (Å²) in [5.41, 5.74) is 0. The average Bonchev–Trinajstić information content (AvgIpc) is 2.38. The summed E-state index contributed by atoms with van der Waals surface area (Å²) < 4.78 is 12.4. The van der Waals surface area contributed by atoms with Gasteiger partial charge in [0, 0.05) is 12.7 Å². The van der Waals surface area contributed by atoms with Gasteiger partial charge in [-0.05, 0) is 45.2 Å². The molecule has 18 heavy (non-hydrogen) atoms. The van der Waals surface area contributed by atoms with Gasteiger partial charge in [0.05, 0.1) is 0 Å². The van der Waals surface area contributed by atoms with Crippen LogP contribution in [0.25, 0.3) is 0 Å². The maximum atomic E-state index is 6.44. The van der Waals surface area contributed by atoms with Crippen LogP contribution in [0, 0.1) is 5.92 Å². The Morgan fingerprint density at radius 1 is 1.17 bits per heavy atom. The van der Waals surface area contributed by atoms with Crippen molar-refractivity contribution in [2.24, 2.45) is 5.92 Å². The fourth-order valence-corrected chi connectivity index (χ4v) is 5.98. The maximum Gasteiger partial charge on any atom is 0.335 e. The Labute approximate surface area is 115 Å². The molecule has 0 amide bonds. The summed E-state index contributed by atoms with van der Waals surface area (Å²) in [5.74, 6) is 0.771. The summed E-state index contributed by atoms with van der Waals surface area (Å²) in [6, 6.07) is 1.15. The second-order valence-corrected chi connectivity index (χ2v) is 9.18. The molecular formula is C15H32O2Si. The van der Waals surface area contributed by atoms with Gasteiger partial charge < -0.3 is 8.85 Å². The van der Waals surface area contributed by atoms with E-state index in [4.69, 9.17) is 8.85 Å². The van der Waals surface area contributed by atoms with Crippen molar-refractivity contribution in [2.75, 3.05) is 6.61 Å². The van der Waals surface area contributed by atoms with Crippen LogP contribution in [-0.2, 0) is 8.85 Å². The summed E-state index contributed by atoms with van der Waals surface area (Å²) in [5, 5.41) is 0. The van der Waals surface area contributed by atoms with Crippen LogP contribution in [0.1, 0.15) is 65.7 Å². The molecule has 0 aliphatic heterocycles. The van der Waals surface area contributed by atoms with Gasteiger partial charge in [0.1, 0.15) is 0 Å². The van der Waals surface area contributed by atoms with Crippen LogP contribution in [-0.4, -0.2) is 21.3 Å². The van der Waals surface area contributed by atoms with E-state index in [-0.39, 0.29) is 0 Å². The van der Waals surface area contributed by atoms with Crippen molar-refractivity contribution >= 4 is 8.56 Å². The molecular weight excluding hydrogens is 240 g/mol. The fourth-order valence-electron chi connectivity index (χ4n) is 3.06. The summed E-state index contributed by atoms with van der Waals surface area (Å²) in [6.07, 6.45) is 9.76. The molecule has 0 saturated heterocycles. The van der Waals surface area contributed by atoms with E-state index in [2.05, 4.69) is 27.3 Å². The van der Waals surface area contributed by atoms with E-state index < -0.39 is 8.56 Å². The summed E-state index contributed by atoms with van der Waals surface area (Å²) in [6.45, 7) is 9.65. The van der Waals surface area contributed by atoms with E-state index in [1.807, 2.05) is 0 Å². The molecule has 2 unspecified atom stereocenters. The molecule has 108 valence electrons. The predicted octanol–water partition coefficient (Wildman–Crippen LogP) is 4.88. The van der Waals surface area contributed by atoms with E-state index >= 15 is 0 Å². The summed E-state index contributed by atoms with van der Waals surface area (Å²) >= 11 is 0. The quantitative estimate of drug-likeness (QED) is 0.586. The molecule has 0 spiro atoms. The average molecular weight is 273 g/mol. The molecule has 2 nitrogen and oxygen atoms in total. The predicted molar refractivity (Wildman–Crippen MR) is 80.1 cm³/mol. The van der Waals surface area contributed by atoms with Gasteiger partial charge in [0.25, 0.3) is 0 Å². The molecule has 0 aromatic rings. The highest BCUT2D eigenvalue weighted by molar-refractivity contribution is 6.66. The van der Waals surface area contributed by atoms with Gasteiger partial charge in [-0.15, -0.1) is 0 Å². The molecule has 2 atom stereocenters. The molecule has 0 bridgehead atoms. The van der Waals surface area contributed by atoms with Crippen LogP contribution >= 0.6 is 0 Å². The van der Waals surface area contributed by atoms with E-state index in [0.717, 1.165) is 18.6 Å². The lowest BCUT2D eigenvalue weighted by Crippen LogP contribution is -2.43. The zero-order valence-electron chi connectivity index (χ0n) is 12.8. The molecule has 1 saturated carbocycles. The first-order chi connectivity index (χ1) is 8.61. The second-order valence-electron chi connectivity index (χ2n) is 5.89. The maximum absolute atomic E-state index is 6.44. The van der Waals surface area contributed by atoms with Crippen molar-refractivity contribution in [1.82, 2.24) is 0 Å². The fraction of sp³-hybridized carbons (Fsp3) is 1.00. The Balaban J connectivity index is 2.47. The highest BCUT2D eigenvalue weighted by Crippen LogP contribution is 2.30. The van der Waals surface area contributed by atoms with Crippen LogP contribution < -0.4 is 0 Å². The Morgan fingerprint density at radius 2 is 1.83 bits per heavy atom. The summed E-state index contributed by atoms with van der Waals surface area (Å²) in [4.78, 5) is 0. The minimum atomic E-state index is -1.92. The van der Waals surface area contributed by atoms with Gasteiger partial charge in [0.2, 0.25) is 0 Å². The van der Waals surface area contributed by atoms with Crippen LogP contribution in [0.3, 0.4) is 0 Å². The van der Waals surface area contributed by atoms with Crippen LogP contribution in [0.2, 0.25) is 12.6 Å². The van der Waals surface area contributed by atoms with E-state index in [0.29, 0.717) is 6.10 Å². The van der Waals surface area contributed by atoms with Crippen molar-refractivity contribution in [3.63, 3.8) is 0 Å². The molecule has 1 fully saturated rings. The summed E-state index contributed by atoms with van der Waals surface area (Å²) in [7, 11) is -1.92. The largest absolute Gasteiger partial charge is 0.395 e. The van der Waals surface area contributed by atoms with E-state index in [1.165, 1.54) is 44.9 Å². The zero-order valence-corrected chi connectivity index (χ0v) is 13.8. The van der Waals surface area contributed by atoms with Crippen molar-refractivity contribution in [2.45, 2.75) is 84.4 Å². The highest BCUT2D eigenvalue weighted by Gasteiger charge is 2.34. The number of hydrogen-bond donors (Lipinski definition) is 0.